The summed E-state index contributed by atoms with van der Waals surface area (Å²) in [6, 6.07) is 14.1. The van der Waals surface area contributed by atoms with Gasteiger partial charge in [0.15, 0.2) is 5.60 Å². The van der Waals surface area contributed by atoms with Gasteiger partial charge in [0.05, 0.1) is 35.3 Å². The van der Waals surface area contributed by atoms with E-state index >= 15 is 4.39 Å². The Morgan fingerprint density at radius 2 is 1.98 bits per heavy atom. The van der Waals surface area contributed by atoms with Crippen LogP contribution in [0.2, 0.25) is 5.02 Å². The largest absolute Gasteiger partial charge is 0.487 e. The minimum atomic E-state index is -3.23. The minimum absolute atomic E-state index is 0.0566. The van der Waals surface area contributed by atoms with E-state index in [1.54, 1.807) is 49.4 Å². The van der Waals surface area contributed by atoms with E-state index in [0.29, 0.717) is 45.2 Å². The van der Waals surface area contributed by atoms with E-state index in [1.165, 1.54) is 30.8 Å². The molecule has 0 radical (unpaired) electrons. The van der Waals surface area contributed by atoms with Gasteiger partial charge in [-0.1, -0.05) is 23.7 Å². The quantitative estimate of drug-likeness (QED) is 0.205. The molecule has 2 atom stereocenters. The van der Waals surface area contributed by atoms with Crippen LogP contribution in [0.1, 0.15) is 24.5 Å². The summed E-state index contributed by atoms with van der Waals surface area (Å²) >= 11 is 6.47. The Bertz CT molecular complexity index is 1740. The Morgan fingerprint density at radius 3 is 2.69 bits per heavy atom. The van der Waals surface area contributed by atoms with Crippen LogP contribution in [0.3, 0.4) is 0 Å². The lowest BCUT2D eigenvalue weighted by atomic mass is 9.85. The van der Waals surface area contributed by atoms with Crippen LogP contribution in [0.15, 0.2) is 73.3 Å². The molecule has 4 aromatic rings. The van der Waals surface area contributed by atoms with Crippen molar-refractivity contribution < 1.29 is 31.4 Å². The average Bonchev–Trinajstić information content (AvgIpc) is 3.43. The van der Waals surface area contributed by atoms with Crippen LogP contribution in [-0.4, -0.2) is 43.1 Å². The molecule has 1 aromatic heterocycles. The Labute approximate surface area is 247 Å². The van der Waals surface area contributed by atoms with Gasteiger partial charge in [-0.2, -0.15) is 0 Å². The van der Waals surface area contributed by atoms with Crippen molar-refractivity contribution in [2.45, 2.75) is 31.7 Å². The first-order valence-electron chi connectivity index (χ1n) is 13.0. The van der Waals surface area contributed by atoms with Gasteiger partial charge in [-0.05, 0) is 55.0 Å². The third-order valence-corrected chi connectivity index (χ3v) is 8.14. The molecule has 1 aliphatic rings. The smallest absolute Gasteiger partial charge is 0.165 e. The number of halogens is 3. The van der Waals surface area contributed by atoms with E-state index in [9.17, 15) is 12.8 Å². The van der Waals surface area contributed by atoms with Crippen molar-refractivity contribution in [2.24, 2.45) is 0 Å². The maximum atomic E-state index is 15.6. The second-order valence-corrected chi connectivity index (χ2v) is 12.7. The van der Waals surface area contributed by atoms with Crippen LogP contribution < -0.4 is 10.1 Å². The average molecular weight is 616 g/mol. The van der Waals surface area contributed by atoms with Crippen LogP contribution in [0.4, 0.5) is 20.3 Å². The second kappa shape index (κ2) is 12.2. The fraction of sp³-hybridized carbons (Fsp3) is 0.267. The van der Waals surface area contributed by atoms with Gasteiger partial charge in [-0.3, -0.25) is 0 Å². The molecular formula is C30H28ClF2N3O5S. The number of nitrogens with one attached hydrogen (secondary N) is 1. The Balaban J connectivity index is 1.40. The summed E-state index contributed by atoms with van der Waals surface area (Å²) in [5.74, 6) is -0.242. The van der Waals surface area contributed by atoms with Crippen LogP contribution in [0, 0.1) is 11.6 Å². The van der Waals surface area contributed by atoms with Crippen LogP contribution >= 0.6 is 11.6 Å². The molecule has 8 nitrogen and oxygen atoms in total. The number of anilines is 2. The van der Waals surface area contributed by atoms with Gasteiger partial charge in [0.1, 0.15) is 46.0 Å². The number of rotatable bonds is 11. The maximum absolute atomic E-state index is 15.6. The van der Waals surface area contributed by atoms with Crippen molar-refractivity contribution in [1.29, 1.82) is 0 Å². The van der Waals surface area contributed by atoms with Crippen molar-refractivity contribution in [3.8, 4) is 5.75 Å². The van der Waals surface area contributed by atoms with Gasteiger partial charge in [0.25, 0.3) is 0 Å². The molecule has 2 unspecified atom stereocenters. The highest BCUT2D eigenvalue weighted by Gasteiger charge is 2.44. The Kier molecular flexibility index (Phi) is 8.63. The topological polar surface area (TPSA) is 99.6 Å². The van der Waals surface area contributed by atoms with E-state index in [0.717, 1.165) is 6.26 Å². The number of benzene rings is 3. The number of hydrogen-bond acceptors (Lipinski definition) is 8. The van der Waals surface area contributed by atoms with Crippen molar-refractivity contribution in [3.05, 3.63) is 101 Å². The summed E-state index contributed by atoms with van der Waals surface area (Å²) in [5.41, 5.74) is 0.630. The fourth-order valence-electron chi connectivity index (χ4n) is 4.73. The predicted octanol–water partition coefficient (Wildman–Crippen LogP) is 6.46. The molecular weight excluding hydrogens is 588 g/mol. The lowest BCUT2D eigenvalue weighted by molar-refractivity contribution is -0.0981. The number of fused-ring (bicyclic) bond motifs is 1. The first-order valence-corrected chi connectivity index (χ1v) is 15.5. The first kappa shape index (κ1) is 29.7. The number of ether oxygens (including phenoxy) is 3. The van der Waals surface area contributed by atoms with Gasteiger partial charge >= 0.3 is 0 Å². The standard InChI is InChI=1S/C30H28ClF2N3O5S/c1-19(39-11-12-42(2,37)38)30(9-4-10-41-30)24-15-23-27(16-26(24)33)34-18-35-29(23)36-22-7-8-28(25(31)14-22)40-17-20-5-3-6-21(32)13-20/h3-8,10,13-16,18-19H,9,11-12,17H2,1-2H3,(H,34,35,36). The summed E-state index contributed by atoms with van der Waals surface area (Å²) in [6.07, 6.45) is 5.34. The molecule has 2 heterocycles. The van der Waals surface area contributed by atoms with Crippen LogP contribution in [0.5, 0.6) is 5.75 Å². The SMILES string of the molecule is CC(OCCS(C)(=O)=O)C1(c2cc3c(Nc4ccc(OCc5cccc(F)c5)c(Cl)c4)ncnc3cc2F)CC=CO1. The zero-order valence-electron chi connectivity index (χ0n) is 22.8. The van der Waals surface area contributed by atoms with E-state index in [4.69, 9.17) is 25.8 Å². The van der Waals surface area contributed by atoms with Crippen LogP contribution in [0.25, 0.3) is 10.9 Å². The Hall–Kier alpha value is -3.80. The number of aromatic nitrogens is 2. The first-order chi connectivity index (χ1) is 20.0. The van der Waals surface area contributed by atoms with E-state index in [2.05, 4.69) is 15.3 Å². The molecule has 0 aliphatic carbocycles. The molecule has 0 saturated carbocycles. The summed E-state index contributed by atoms with van der Waals surface area (Å²) in [4.78, 5) is 8.60. The highest BCUT2D eigenvalue weighted by molar-refractivity contribution is 7.90. The molecule has 1 N–H and O–H groups in total. The van der Waals surface area contributed by atoms with Gasteiger partial charge in [-0.15, -0.1) is 0 Å². The molecule has 0 spiro atoms. The zero-order chi connectivity index (χ0) is 29.9. The maximum Gasteiger partial charge on any atom is 0.165 e. The fourth-order valence-corrected chi connectivity index (χ4v) is 5.36. The number of nitrogens with zero attached hydrogens (tertiary/aromatic N) is 2. The van der Waals surface area contributed by atoms with E-state index < -0.39 is 27.4 Å². The van der Waals surface area contributed by atoms with Gasteiger partial charge in [0.2, 0.25) is 0 Å². The molecule has 0 saturated heterocycles. The van der Waals surface area contributed by atoms with Crippen molar-refractivity contribution in [2.75, 3.05) is 23.9 Å². The molecule has 0 amide bonds. The van der Waals surface area contributed by atoms with Crippen LogP contribution in [-0.2, 0) is 31.5 Å². The van der Waals surface area contributed by atoms with Crippen molar-refractivity contribution in [1.82, 2.24) is 9.97 Å². The monoisotopic (exact) mass is 615 g/mol. The molecule has 0 bridgehead atoms. The van der Waals surface area contributed by atoms with Gasteiger partial charge < -0.3 is 19.5 Å². The molecule has 12 heteroatoms. The molecule has 5 rings (SSSR count). The molecule has 42 heavy (non-hydrogen) atoms. The lowest BCUT2D eigenvalue weighted by Crippen LogP contribution is -2.40. The number of hydrogen-bond donors (Lipinski definition) is 1. The molecule has 1 aliphatic heterocycles. The summed E-state index contributed by atoms with van der Waals surface area (Å²) in [7, 11) is -3.23. The second-order valence-electron chi connectivity index (χ2n) is 9.99. The Morgan fingerprint density at radius 1 is 1.14 bits per heavy atom. The highest BCUT2D eigenvalue weighted by Crippen LogP contribution is 2.42. The summed E-state index contributed by atoms with van der Waals surface area (Å²) in [6.45, 7) is 1.81. The molecule has 3 aromatic carbocycles. The molecule has 0 fully saturated rings. The predicted molar refractivity (Wildman–Crippen MR) is 157 cm³/mol. The third-order valence-electron chi connectivity index (χ3n) is 6.93. The normalized spacial score (nSPS) is 17.3. The van der Waals surface area contributed by atoms with E-state index in [-0.39, 0.29) is 30.3 Å². The minimum Gasteiger partial charge on any atom is -0.487 e. The third kappa shape index (κ3) is 6.64. The van der Waals surface area contributed by atoms with Crippen molar-refractivity contribution >= 4 is 43.8 Å². The summed E-state index contributed by atoms with van der Waals surface area (Å²) < 4.78 is 69.7. The van der Waals surface area contributed by atoms with Gasteiger partial charge in [-0.25, -0.2) is 27.2 Å². The molecule has 220 valence electrons. The zero-order valence-corrected chi connectivity index (χ0v) is 24.4. The van der Waals surface area contributed by atoms with E-state index in [1.807, 2.05) is 0 Å². The lowest BCUT2D eigenvalue weighted by Gasteiger charge is -2.35. The van der Waals surface area contributed by atoms with Crippen molar-refractivity contribution in [3.63, 3.8) is 0 Å². The summed E-state index contributed by atoms with van der Waals surface area (Å²) in [5, 5.41) is 4.06. The van der Waals surface area contributed by atoms with Gasteiger partial charge in [0, 0.05) is 35.4 Å². The highest BCUT2D eigenvalue weighted by atomic mass is 35.5. The number of sulfone groups is 1.